The first-order valence-corrected chi connectivity index (χ1v) is 11.8. The van der Waals surface area contributed by atoms with Crippen LogP contribution in [0, 0.1) is 31.3 Å². The van der Waals surface area contributed by atoms with E-state index in [2.05, 4.69) is 30.9 Å². The van der Waals surface area contributed by atoms with E-state index in [0.29, 0.717) is 11.6 Å². The zero-order valence-electron chi connectivity index (χ0n) is 20.1. The average Bonchev–Trinajstić information content (AvgIpc) is 2.84. The molecule has 0 amide bonds. The van der Waals surface area contributed by atoms with E-state index in [1.807, 2.05) is 0 Å². The molecule has 1 atom stereocenters. The molecule has 0 saturated carbocycles. The Morgan fingerprint density at radius 1 is 1.11 bits per heavy atom. The second-order valence-electron chi connectivity index (χ2n) is 8.25. The van der Waals surface area contributed by atoms with Crippen molar-refractivity contribution in [1.82, 2.24) is 19.5 Å². The topological polar surface area (TPSA) is 87.0 Å². The number of aryl methyl sites for hydroxylation is 1. The Bertz CT molecular complexity index is 1590. The lowest BCUT2D eigenvalue weighted by Gasteiger charge is -2.23. The highest BCUT2D eigenvalue weighted by molar-refractivity contribution is 9.10. The molecule has 4 aromatic heterocycles. The minimum atomic E-state index is -1.10. The van der Waals surface area contributed by atoms with Crippen molar-refractivity contribution < 1.29 is 22.7 Å². The molecule has 0 fully saturated rings. The van der Waals surface area contributed by atoms with E-state index in [1.165, 1.54) is 33.2 Å². The molecule has 0 bridgehead atoms. The van der Waals surface area contributed by atoms with Gasteiger partial charge in [0.05, 0.1) is 23.1 Å². The van der Waals surface area contributed by atoms with Crippen LogP contribution in [0.5, 0.6) is 5.75 Å². The molecular formula is C26H20BrF3N4O3. The van der Waals surface area contributed by atoms with E-state index in [4.69, 9.17) is 4.74 Å². The van der Waals surface area contributed by atoms with E-state index in [1.54, 1.807) is 25.1 Å². The van der Waals surface area contributed by atoms with Gasteiger partial charge in [-0.2, -0.15) is 0 Å². The first kappa shape index (κ1) is 26.2. The molecule has 4 heterocycles. The summed E-state index contributed by atoms with van der Waals surface area (Å²) in [7, 11) is 0. The maximum atomic E-state index is 15.9. The summed E-state index contributed by atoms with van der Waals surface area (Å²) in [4.78, 5) is 38.3. The molecule has 0 N–H and O–H groups in total. The van der Waals surface area contributed by atoms with Crippen LogP contribution in [0.1, 0.15) is 47.3 Å². The standard InChI is InChI=1S/C26H20BrF3N4O3/c1-12-10-32-23(18-7-5-6-8-31-18)21(30)24(12)34-13(2)19(14(3)35)25(20(27)26(34)36)37-15(4)22-17(29)9-16(28)11-33-22/h5-11,15H,1-4H3. The summed E-state index contributed by atoms with van der Waals surface area (Å²) in [6.45, 7) is 5.74. The van der Waals surface area contributed by atoms with Crippen molar-refractivity contribution in [3.8, 4) is 22.8 Å². The molecule has 0 aromatic carbocycles. The number of rotatable bonds is 6. The summed E-state index contributed by atoms with van der Waals surface area (Å²) in [5.41, 5.74) is -0.458. The number of hydrogen-bond donors (Lipinski definition) is 0. The van der Waals surface area contributed by atoms with Gasteiger partial charge in [0.15, 0.2) is 23.2 Å². The first-order chi connectivity index (χ1) is 17.5. The summed E-state index contributed by atoms with van der Waals surface area (Å²) in [6, 6.07) is 5.59. The lowest BCUT2D eigenvalue weighted by Crippen LogP contribution is -2.27. The van der Waals surface area contributed by atoms with Gasteiger partial charge in [0.1, 0.15) is 27.8 Å². The smallest absolute Gasteiger partial charge is 0.273 e. The van der Waals surface area contributed by atoms with Crippen LogP contribution in [-0.2, 0) is 0 Å². The Labute approximate surface area is 218 Å². The highest BCUT2D eigenvalue weighted by Crippen LogP contribution is 2.35. The van der Waals surface area contributed by atoms with E-state index >= 15 is 4.39 Å². The SMILES string of the molecule is CC(=O)c1c(OC(C)c2ncc(F)cc2F)c(Br)c(=O)n(-c2c(C)cnc(-c3ccccn3)c2F)c1C. The molecule has 0 aliphatic rings. The van der Waals surface area contributed by atoms with Gasteiger partial charge in [0.2, 0.25) is 0 Å². The molecule has 0 radical (unpaired) electrons. The van der Waals surface area contributed by atoms with Crippen LogP contribution in [0.3, 0.4) is 0 Å². The summed E-state index contributed by atoms with van der Waals surface area (Å²) in [5, 5.41) is 0. The maximum Gasteiger partial charge on any atom is 0.273 e. The van der Waals surface area contributed by atoms with Gasteiger partial charge in [0.25, 0.3) is 5.56 Å². The number of ketones is 1. The normalized spacial score (nSPS) is 11.9. The largest absolute Gasteiger partial charge is 0.482 e. The lowest BCUT2D eigenvalue weighted by molar-refractivity contribution is 0.100. The first-order valence-electron chi connectivity index (χ1n) is 11.0. The minimum absolute atomic E-state index is 0.0316. The van der Waals surface area contributed by atoms with Crippen LogP contribution in [-0.4, -0.2) is 25.3 Å². The summed E-state index contributed by atoms with van der Waals surface area (Å²) >= 11 is 3.19. The summed E-state index contributed by atoms with van der Waals surface area (Å²) in [5.74, 6) is -3.27. The molecule has 1 unspecified atom stereocenters. The third-order valence-electron chi connectivity index (χ3n) is 5.69. The second-order valence-corrected chi connectivity index (χ2v) is 9.04. The molecule has 190 valence electrons. The summed E-state index contributed by atoms with van der Waals surface area (Å²) in [6.07, 6.45) is 2.63. The quantitative estimate of drug-likeness (QED) is 0.270. The second kappa shape index (κ2) is 10.3. The van der Waals surface area contributed by atoms with Gasteiger partial charge in [-0.15, -0.1) is 0 Å². The minimum Gasteiger partial charge on any atom is -0.482 e. The fourth-order valence-corrected chi connectivity index (χ4v) is 4.47. The molecule has 7 nitrogen and oxygen atoms in total. The highest BCUT2D eigenvalue weighted by atomic mass is 79.9. The van der Waals surface area contributed by atoms with Gasteiger partial charge < -0.3 is 4.74 Å². The number of aromatic nitrogens is 4. The van der Waals surface area contributed by atoms with E-state index < -0.39 is 34.9 Å². The van der Waals surface area contributed by atoms with Crippen molar-refractivity contribution in [2.75, 3.05) is 0 Å². The predicted molar refractivity (Wildman–Crippen MR) is 133 cm³/mol. The molecule has 0 spiro atoms. The van der Waals surface area contributed by atoms with Gasteiger partial charge in [-0.25, -0.2) is 13.2 Å². The van der Waals surface area contributed by atoms with Crippen molar-refractivity contribution in [2.45, 2.75) is 33.8 Å². The monoisotopic (exact) mass is 572 g/mol. The Hall–Kier alpha value is -3.86. The van der Waals surface area contributed by atoms with Crippen molar-refractivity contribution >= 4 is 21.7 Å². The zero-order chi connectivity index (χ0) is 27.0. The Morgan fingerprint density at radius 3 is 2.46 bits per heavy atom. The van der Waals surface area contributed by atoms with Gasteiger partial charge in [-0.1, -0.05) is 6.07 Å². The number of hydrogen-bond acceptors (Lipinski definition) is 6. The van der Waals surface area contributed by atoms with Gasteiger partial charge >= 0.3 is 0 Å². The Kier molecular flexibility index (Phi) is 7.26. The molecule has 0 aliphatic carbocycles. The molecule has 0 saturated heterocycles. The molecule has 4 rings (SSSR count). The van der Waals surface area contributed by atoms with Crippen molar-refractivity contribution in [2.24, 2.45) is 0 Å². The van der Waals surface area contributed by atoms with Gasteiger partial charge in [-0.05, 0) is 61.3 Å². The summed E-state index contributed by atoms with van der Waals surface area (Å²) < 4.78 is 50.2. The number of ether oxygens (including phenoxy) is 1. The number of carbonyl (C=O) groups excluding carboxylic acids is 1. The van der Waals surface area contributed by atoms with Crippen molar-refractivity contribution in [3.63, 3.8) is 0 Å². The van der Waals surface area contributed by atoms with Crippen LogP contribution in [0.25, 0.3) is 17.1 Å². The highest BCUT2D eigenvalue weighted by Gasteiger charge is 2.28. The molecule has 37 heavy (non-hydrogen) atoms. The van der Waals surface area contributed by atoms with Crippen LogP contribution in [0.2, 0.25) is 0 Å². The fourth-order valence-electron chi connectivity index (χ4n) is 4.01. The number of Topliss-reactive ketones (excluding diaryl/α,β-unsaturated/α-hetero) is 1. The van der Waals surface area contributed by atoms with E-state index in [9.17, 15) is 18.4 Å². The van der Waals surface area contributed by atoms with Gasteiger partial charge in [-0.3, -0.25) is 29.1 Å². The number of carbonyl (C=O) groups is 1. The third-order valence-corrected chi connectivity index (χ3v) is 6.39. The molecule has 4 aromatic rings. The number of halogens is 4. The Balaban J connectivity index is 1.93. The van der Waals surface area contributed by atoms with E-state index in [0.717, 1.165) is 10.8 Å². The fraction of sp³-hybridized carbons (Fsp3) is 0.192. The number of nitrogens with zero attached hydrogens (tertiary/aromatic N) is 4. The zero-order valence-corrected chi connectivity index (χ0v) is 21.7. The maximum absolute atomic E-state index is 15.9. The van der Waals surface area contributed by atoms with E-state index in [-0.39, 0.29) is 44.2 Å². The van der Waals surface area contributed by atoms with Crippen molar-refractivity contribution in [1.29, 1.82) is 0 Å². The van der Waals surface area contributed by atoms with Crippen LogP contribution in [0.15, 0.2) is 52.1 Å². The van der Waals surface area contributed by atoms with Crippen LogP contribution >= 0.6 is 15.9 Å². The van der Waals surface area contributed by atoms with Crippen LogP contribution in [0.4, 0.5) is 13.2 Å². The van der Waals surface area contributed by atoms with Gasteiger partial charge in [0, 0.05) is 24.2 Å². The van der Waals surface area contributed by atoms with Crippen molar-refractivity contribution in [3.05, 3.63) is 97.6 Å². The molecular weight excluding hydrogens is 553 g/mol. The Morgan fingerprint density at radius 2 is 1.84 bits per heavy atom. The number of pyridine rings is 4. The predicted octanol–water partition coefficient (Wildman–Crippen LogP) is 5.83. The molecule has 11 heteroatoms. The third kappa shape index (κ3) is 4.78. The molecule has 0 aliphatic heterocycles. The lowest BCUT2D eigenvalue weighted by atomic mass is 10.1. The average molecular weight is 573 g/mol. The van der Waals surface area contributed by atoms with Crippen LogP contribution < -0.4 is 10.3 Å².